The Balaban J connectivity index is 2.51. The first-order valence-electron chi connectivity index (χ1n) is 7.09. The van der Waals surface area contributed by atoms with Crippen LogP contribution in [0, 0.1) is 5.92 Å². The van der Waals surface area contributed by atoms with Crippen LogP contribution in [0.1, 0.15) is 46.5 Å². The van der Waals surface area contributed by atoms with Gasteiger partial charge in [-0.05, 0) is 39.5 Å². The summed E-state index contributed by atoms with van der Waals surface area (Å²) in [5.41, 5.74) is -0.572. The SMILES string of the molecule is C=CCCCN(CC1CC(F)(F)C1)C(=O)OC(C)(C)C. The van der Waals surface area contributed by atoms with Crippen molar-refractivity contribution < 1.29 is 18.3 Å². The van der Waals surface area contributed by atoms with Gasteiger partial charge in [0.05, 0.1) is 0 Å². The van der Waals surface area contributed by atoms with Gasteiger partial charge in [-0.25, -0.2) is 13.6 Å². The van der Waals surface area contributed by atoms with Crippen LogP contribution in [0.15, 0.2) is 12.7 Å². The lowest BCUT2D eigenvalue weighted by molar-refractivity contribution is -0.116. The second kappa shape index (κ2) is 6.55. The molecule has 116 valence electrons. The van der Waals surface area contributed by atoms with E-state index in [0.29, 0.717) is 13.1 Å². The van der Waals surface area contributed by atoms with E-state index in [1.54, 1.807) is 31.7 Å². The Morgan fingerprint density at radius 1 is 1.45 bits per heavy atom. The Kier molecular flexibility index (Phi) is 5.54. The molecule has 0 bridgehead atoms. The molecule has 0 aromatic rings. The number of nitrogens with zero attached hydrogens (tertiary/aromatic N) is 1. The van der Waals surface area contributed by atoms with Gasteiger partial charge in [0, 0.05) is 25.9 Å². The average Bonchev–Trinajstić information content (AvgIpc) is 2.22. The number of ether oxygens (including phenoxy) is 1. The molecular formula is C15H25F2NO2. The maximum absolute atomic E-state index is 12.9. The lowest BCUT2D eigenvalue weighted by Gasteiger charge is -2.38. The summed E-state index contributed by atoms with van der Waals surface area (Å²) in [6.45, 7) is 9.89. The normalized spacial score (nSPS) is 18.2. The van der Waals surface area contributed by atoms with Crippen molar-refractivity contribution in [1.29, 1.82) is 0 Å². The molecule has 0 saturated heterocycles. The van der Waals surface area contributed by atoms with E-state index in [2.05, 4.69) is 6.58 Å². The van der Waals surface area contributed by atoms with Crippen LogP contribution in [0.4, 0.5) is 13.6 Å². The lowest BCUT2D eigenvalue weighted by Crippen LogP contribution is -2.46. The standard InChI is InChI=1S/C15H25F2NO2/c1-5-6-7-8-18(13(19)20-14(2,3)4)11-12-9-15(16,17)10-12/h5,12H,1,6-11H2,2-4H3. The minimum atomic E-state index is -2.55. The Hall–Kier alpha value is -1.13. The van der Waals surface area contributed by atoms with Gasteiger partial charge in [-0.2, -0.15) is 0 Å². The van der Waals surface area contributed by atoms with Crippen LogP contribution >= 0.6 is 0 Å². The molecule has 5 heteroatoms. The van der Waals surface area contributed by atoms with E-state index in [4.69, 9.17) is 4.74 Å². The second-order valence-corrected chi connectivity index (χ2v) is 6.49. The Morgan fingerprint density at radius 3 is 2.50 bits per heavy atom. The lowest BCUT2D eigenvalue weighted by atomic mass is 9.81. The summed E-state index contributed by atoms with van der Waals surface area (Å²) < 4.78 is 31.1. The maximum atomic E-state index is 12.9. The van der Waals surface area contributed by atoms with Gasteiger partial charge in [0.25, 0.3) is 0 Å². The van der Waals surface area contributed by atoms with Crippen molar-refractivity contribution in [3.63, 3.8) is 0 Å². The van der Waals surface area contributed by atoms with Gasteiger partial charge in [-0.1, -0.05) is 6.08 Å². The van der Waals surface area contributed by atoms with Crippen molar-refractivity contribution in [2.75, 3.05) is 13.1 Å². The van der Waals surface area contributed by atoms with Crippen molar-refractivity contribution in [2.24, 2.45) is 5.92 Å². The van der Waals surface area contributed by atoms with Gasteiger partial charge in [-0.3, -0.25) is 0 Å². The van der Waals surface area contributed by atoms with Crippen LogP contribution in [-0.2, 0) is 4.74 Å². The maximum Gasteiger partial charge on any atom is 0.410 e. The molecule has 0 aromatic heterocycles. The van der Waals surface area contributed by atoms with Crippen LogP contribution < -0.4 is 0 Å². The zero-order chi connectivity index (χ0) is 15.4. The average molecular weight is 289 g/mol. The second-order valence-electron chi connectivity index (χ2n) is 6.49. The molecule has 20 heavy (non-hydrogen) atoms. The van der Waals surface area contributed by atoms with Gasteiger partial charge < -0.3 is 9.64 Å². The van der Waals surface area contributed by atoms with Gasteiger partial charge in [0.15, 0.2) is 0 Å². The number of unbranched alkanes of at least 4 members (excludes halogenated alkanes) is 1. The van der Waals surface area contributed by atoms with Crippen molar-refractivity contribution in [1.82, 2.24) is 4.90 Å². The largest absolute Gasteiger partial charge is 0.444 e. The molecule has 1 amide bonds. The van der Waals surface area contributed by atoms with Gasteiger partial charge >= 0.3 is 6.09 Å². The van der Waals surface area contributed by atoms with E-state index >= 15 is 0 Å². The van der Waals surface area contributed by atoms with Crippen LogP contribution in [0.2, 0.25) is 0 Å². The monoisotopic (exact) mass is 289 g/mol. The van der Waals surface area contributed by atoms with E-state index in [0.717, 1.165) is 12.8 Å². The summed E-state index contributed by atoms with van der Waals surface area (Å²) in [4.78, 5) is 13.6. The number of allylic oxidation sites excluding steroid dienone is 1. The van der Waals surface area contributed by atoms with Crippen LogP contribution in [0.25, 0.3) is 0 Å². The summed E-state index contributed by atoms with van der Waals surface area (Å²) in [5, 5.41) is 0. The fraction of sp³-hybridized carbons (Fsp3) is 0.800. The summed E-state index contributed by atoms with van der Waals surface area (Å²) in [6, 6.07) is 0. The van der Waals surface area contributed by atoms with Crippen molar-refractivity contribution in [3.8, 4) is 0 Å². The Morgan fingerprint density at radius 2 is 2.05 bits per heavy atom. The number of amides is 1. The highest BCUT2D eigenvalue weighted by atomic mass is 19.3. The Labute approximate surface area is 120 Å². The summed E-state index contributed by atoms with van der Waals surface area (Å²) in [5.74, 6) is -2.67. The molecule has 0 heterocycles. The highest BCUT2D eigenvalue weighted by Gasteiger charge is 2.46. The molecule has 1 fully saturated rings. The molecule has 0 radical (unpaired) electrons. The molecule has 1 rings (SSSR count). The molecule has 0 spiro atoms. The number of carbonyl (C=O) groups excluding carboxylic acids is 1. The topological polar surface area (TPSA) is 29.5 Å². The predicted molar refractivity (Wildman–Crippen MR) is 74.9 cm³/mol. The number of halogens is 2. The van der Waals surface area contributed by atoms with Crippen LogP contribution in [0.3, 0.4) is 0 Å². The van der Waals surface area contributed by atoms with E-state index in [1.165, 1.54) is 0 Å². The third-order valence-corrected chi connectivity index (χ3v) is 3.14. The Bertz CT molecular complexity index is 342. The van der Waals surface area contributed by atoms with E-state index in [-0.39, 0.29) is 18.8 Å². The van der Waals surface area contributed by atoms with Crippen molar-refractivity contribution in [3.05, 3.63) is 12.7 Å². The highest BCUT2D eigenvalue weighted by Crippen LogP contribution is 2.42. The smallest absolute Gasteiger partial charge is 0.410 e. The zero-order valence-electron chi connectivity index (χ0n) is 12.6. The molecule has 0 aliphatic heterocycles. The summed E-state index contributed by atoms with van der Waals surface area (Å²) in [6.07, 6.45) is 2.66. The number of carbonyl (C=O) groups is 1. The first-order valence-corrected chi connectivity index (χ1v) is 7.09. The van der Waals surface area contributed by atoms with Gasteiger partial charge in [0.2, 0.25) is 5.92 Å². The van der Waals surface area contributed by atoms with Crippen LogP contribution in [-0.4, -0.2) is 35.6 Å². The fourth-order valence-electron chi connectivity index (χ4n) is 2.24. The van der Waals surface area contributed by atoms with E-state index in [1.807, 2.05) is 0 Å². The fourth-order valence-corrected chi connectivity index (χ4v) is 2.24. The molecule has 1 aliphatic carbocycles. The van der Waals surface area contributed by atoms with Crippen molar-refractivity contribution in [2.45, 2.75) is 58.0 Å². The molecule has 0 aromatic carbocycles. The van der Waals surface area contributed by atoms with E-state index < -0.39 is 17.6 Å². The highest BCUT2D eigenvalue weighted by molar-refractivity contribution is 5.68. The van der Waals surface area contributed by atoms with Gasteiger partial charge in [-0.15, -0.1) is 6.58 Å². The minimum absolute atomic E-state index is 0.124. The molecule has 0 unspecified atom stereocenters. The third-order valence-electron chi connectivity index (χ3n) is 3.14. The first-order chi connectivity index (χ1) is 9.13. The number of rotatable bonds is 6. The van der Waals surface area contributed by atoms with Crippen molar-refractivity contribution >= 4 is 6.09 Å². The quantitative estimate of drug-likeness (QED) is 0.541. The summed E-state index contributed by atoms with van der Waals surface area (Å²) >= 11 is 0. The first kappa shape index (κ1) is 16.9. The molecular weight excluding hydrogens is 264 g/mol. The van der Waals surface area contributed by atoms with Crippen LogP contribution in [0.5, 0.6) is 0 Å². The number of hydrogen-bond donors (Lipinski definition) is 0. The third kappa shape index (κ3) is 5.88. The molecule has 0 N–H and O–H groups in total. The molecule has 0 atom stereocenters. The van der Waals surface area contributed by atoms with E-state index in [9.17, 15) is 13.6 Å². The summed E-state index contributed by atoms with van der Waals surface area (Å²) in [7, 11) is 0. The molecule has 1 aliphatic rings. The zero-order valence-corrected chi connectivity index (χ0v) is 12.6. The molecule has 1 saturated carbocycles. The molecule has 3 nitrogen and oxygen atoms in total. The number of alkyl halides is 2. The number of hydrogen-bond acceptors (Lipinski definition) is 2. The predicted octanol–water partition coefficient (Wildman–Crippen LogP) is 4.24. The minimum Gasteiger partial charge on any atom is -0.444 e. The van der Waals surface area contributed by atoms with Gasteiger partial charge in [0.1, 0.15) is 5.60 Å².